The molecule has 0 fully saturated rings. The van der Waals surface area contributed by atoms with Gasteiger partial charge in [0.05, 0.1) is 5.69 Å². The number of aromatic nitrogens is 1. The molecule has 3 N–H and O–H groups in total. The van der Waals surface area contributed by atoms with Gasteiger partial charge in [-0.1, -0.05) is 0 Å². The smallest absolute Gasteiger partial charge is 0.326 e. The van der Waals surface area contributed by atoms with E-state index in [9.17, 15) is 4.79 Å². The van der Waals surface area contributed by atoms with E-state index in [0.717, 1.165) is 31.4 Å². The van der Waals surface area contributed by atoms with Crippen molar-refractivity contribution in [3.8, 4) is 0 Å². The Labute approximate surface area is 130 Å². The van der Waals surface area contributed by atoms with Crippen molar-refractivity contribution in [3.05, 3.63) is 10.6 Å². The molecule has 0 saturated carbocycles. The summed E-state index contributed by atoms with van der Waals surface area (Å²) in [4.78, 5) is 18.2. The van der Waals surface area contributed by atoms with Crippen molar-refractivity contribution in [2.24, 2.45) is 0 Å². The highest BCUT2D eigenvalue weighted by atomic mass is 32.1. The summed E-state index contributed by atoms with van der Waals surface area (Å²) in [7, 11) is 1.84. The second-order valence-electron chi connectivity index (χ2n) is 6.61. The van der Waals surface area contributed by atoms with Crippen LogP contribution in [0.2, 0.25) is 0 Å². The standard InChI is InChI=1S/C15H25N3O2S/c1-14(2,3)20-12(19)15(17-4)8-5-6-10-11(7-9-15)21-13(16)18-10/h17H,5-9H2,1-4H3,(H2,16,18). The van der Waals surface area contributed by atoms with E-state index >= 15 is 0 Å². The van der Waals surface area contributed by atoms with E-state index < -0.39 is 11.1 Å². The number of esters is 1. The van der Waals surface area contributed by atoms with Crippen LogP contribution in [0.1, 0.15) is 50.6 Å². The van der Waals surface area contributed by atoms with Gasteiger partial charge >= 0.3 is 5.97 Å². The Bertz CT molecular complexity index is 521. The third-order valence-electron chi connectivity index (χ3n) is 3.86. The first-order valence-electron chi connectivity index (χ1n) is 7.42. The predicted molar refractivity (Wildman–Crippen MR) is 85.4 cm³/mol. The lowest BCUT2D eigenvalue weighted by Crippen LogP contribution is -2.53. The van der Waals surface area contributed by atoms with Crippen molar-refractivity contribution in [2.75, 3.05) is 12.8 Å². The zero-order valence-electron chi connectivity index (χ0n) is 13.3. The molecule has 0 aliphatic heterocycles. The van der Waals surface area contributed by atoms with Gasteiger partial charge in [-0.05, 0) is 59.9 Å². The van der Waals surface area contributed by atoms with Crippen molar-refractivity contribution >= 4 is 22.4 Å². The summed E-state index contributed by atoms with van der Waals surface area (Å²) in [6.07, 6.45) is 4.05. The number of nitrogen functional groups attached to an aromatic ring is 1. The second-order valence-corrected chi connectivity index (χ2v) is 7.72. The average Bonchev–Trinajstić information content (AvgIpc) is 2.68. The monoisotopic (exact) mass is 311 g/mol. The number of hydrogen-bond donors (Lipinski definition) is 2. The Hall–Kier alpha value is -1.14. The molecular weight excluding hydrogens is 286 g/mol. The molecule has 118 valence electrons. The fourth-order valence-electron chi connectivity index (χ4n) is 2.74. The SMILES string of the molecule is CNC1(C(=O)OC(C)(C)C)CCCc2nc(N)sc2CC1. The van der Waals surface area contributed by atoms with Crippen LogP contribution >= 0.6 is 11.3 Å². The minimum absolute atomic E-state index is 0.154. The number of carbonyl (C=O) groups excluding carboxylic acids is 1. The first-order chi connectivity index (χ1) is 9.76. The number of nitrogens with zero attached hydrogens (tertiary/aromatic N) is 1. The molecule has 21 heavy (non-hydrogen) atoms. The topological polar surface area (TPSA) is 77.2 Å². The highest BCUT2D eigenvalue weighted by molar-refractivity contribution is 7.15. The first-order valence-corrected chi connectivity index (χ1v) is 8.24. The number of nitrogens with one attached hydrogen (secondary N) is 1. The quantitative estimate of drug-likeness (QED) is 0.820. The number of ether oxygens (including phenoxy) is 1. The van der Waals surface area contributed by atoms with E-state index in [1.54, 1.807) is 0 Å². The Kier molecular flexibility index (Phi) is 4.58. The lowest BCUT2D eigenvalue weighted by atomic mass is 9.84. The zero-order chi connectivity index (χ0) is 15.7. The minimum atomic E-state index is -0.607. The largest absolute Gasteiger partial charge is 0.459 e. The van der Waals surface area contributed by atoms with Crippen molar-refractivity contribution in [3.63, 3.8) is 0 Å². The summed E-state index contributed by atoms with van der Waals surface area (Å²) >= 11 is 1.54. The molecule has 6 heteroatoms. The van der Waals surface area contributed by atoms with Gasteiger partial charge in [0.25, 0.3) is 0 Å². The van der Waals surface area contributed by atoms with Crippen molar-refractivity contribution in [2.45, 2.75) is 64.0 Å². The minimum Gasteiger partial charge on any atom is -0.459 e. The van der Waals surface area contributed by atoms with E-state index in [0.29, 0.717) is 11.6 Å². The summed E-state index contributed by atoms with van der Waals surface area (Å²) in [5.41, 5.74) is 5.83. The molecule has 0 radical (unpaired) electrons. The average molecular weight is 311 g/mol. The van der Waals surface area contributed by atoms with Gasteiger partial charge in [-0.2, -0.15) is 0 Å². The third-order valence-corrected chi connectivity index (χ3v) is 4.85. The number of aryl methyl sites for hydroxylation is 2. The lowest BCUT2D eigenvalue weighted by molar-refractivity contribution is -0.164. The molecular formula is C15H25N3O2S. The summed E-state index contributed by atoms with van der Waals surface area (Å²) in [6.45, 7) is 5.71. The maximum atomic E-state index is 12.6. The number of nitrogens with two attached hydrogens (primary N) is 1. The lowest BCUT2D eigenvalue weighted by Gasteiger charge is -2.35. The van der Waals surface area contributed by atoms with Crippen LogP contribution in [0.15, 0.2) is 0 Å². The first kappa shape index (κ1) is 16.2. The molecule has 0 saturated heterocycles. The number of likely N-dealkylation sites (N-methyl/N-ethyl adjacent to an activating group) is 1. The molecule has 1 aromatic rings. The fraction of sp³-hybridized carbons (Fsp3) is 0.733. The number of carbonyl (C=O) groups is 1. The van der Waals surface area contributed by atoms with Crippen molar-refractivity contribution in [1.29, 1.82) is 0 Å². The molecule has 1 heterocycles. The Morgan fingerprint density at radius 2 is 2.10 bits per heavy atom. The molecule has 1 atom stereocenters. The van der Waals surface area contributed by atoms with E-state index in [1.165, 1.54) is 16.2 Å². The number of hydrogen-bond acceptors (Lipinski definition) is 6. The van der Waals surface area contributed by atoms with Gasteiger partial charge in [-0.15, -0.1) is 11.3 Å². The summed E-state index contributed by atoms with van der Waals surface area (Å²) in [5, 5.41) is 3.84. The van der Waals surface area contributed by atoms with Gasteiger partial charge in [-0.25, -0.2) is 4.98 Å². The maximum absolute atomic E-state index is 12.6. The molecule has 2 rings (SSSR count). The van der Waals surface area contributed by atoms with E-state index in [1.807, 2.05) is 27.8 Å². The molecule has 0 bridgehead atoms. The Balaban J connectivity index is 2.19. The molecule has 1 aliphatic carbocycles. The number of anilines is 1. The van der Waals surface area contributed by atoms with Crippen LogP contribution in [0.3, 0.4) is 0 Å². The van der Waals surface area contributed by atoms with Gasteiger partial charge in [0.2, 0.25) is 0 Å². The van der Waals surface area contributed by atoms with Crippen LogP contribution in [-0.4, -0.2) is 29.1 Å². The number of fused-ring (bicyclic) bond motifs is 1. The normalized spacial score (nSPS) is 23.0. The Morgan fingerprint density at radius 1 is 1.38 bits per heavy atom. The van der Waals surface area contributed by atoms with E-state index in [2.05, 4.69) is 10.3 Å². The molecule has 1 aliphatic rings. The molecule has 0 spiro atoms. The van der Waals surface area contributed by atoms with E-state index in [4.69, 9.17) is 10.5 Å². The van der Waals surface area contributed by atoms with Crippen LogP contribution in [-0.2, 0) is 22.4 Å². The summed E-state index contributed by atoms with van der Waals surface area (Å²) < 4.78 is 5.62. The molecule has 1 aromatic heterocycles. The van der Waals surface area contributed by atoms with Crippen LogP contribution in [0, 0.1) is 0 Å². The van der Waals surface area contributed by atoms with Gasteiger partial charge in [0.15, 0.2) is 5.13 Å². The van der Waals surface area contributed by atoms with E-state index in [-0.39, 0.29) is 5.97 Å². The van der Waals surface area contributed by atoms with Gasteiger partial charge < -0.3 is 15.8 Å². The van der Waals surface area contributed by atoms with Crippen LogP contribution in [0.25, 0.3) is 0 Å². The third kappa shape index (κ3) is 3.74. The zero-order valence-corrected chi connectivity index (χ0v) is 14.1. The second kappa shape index (κ2) is 5.93. The van der Waals surface area contributed by atoms with Crippen molar-refractivity contribution in [1.82, 2.24) is 10.3 Å². The van der Waals surface area contributed by atoms with Crippen molar-refractivity contribution < 1.29 is 9.53 Å². The predicted octanol–water partition coefficient (Wildman–Crippen LogP) is 2.29. The fourth-order valence-corrected chi connectivity index (χ4v) is 3.61. The van der Waals surface area contributed by atoms with Gasteiger partial charge in [0, 0.05) is 4.88 Å². The Morgan fingerprint density at radius 3 is 2.71 bits per heavy atom. The highest BCUT2D eigenvalue weighted by Crippen LogP contribution is 2.32. The number of thiazole rings is 1. The molecule has 0 amide bonds. The number of rotatable bonds is 2. The van der Waals surface area contributed by atoms with Gasteiger partial charge in [-0.3, -0.25) is 4.79 Å². The van der Waals surface area contributed by atoms with Crippen LogP contribution in [0.4, 0.5) is 5.13 Å². The summed E-state index contributed by atoms with van der Waals surface area (Å²) in [5.74, 6) is -0.154. The summed E-state index contributed by atoms with van der Waals surface area (Å²) in [6, 6.07) is 0. The highest BCUT2D eigenvalue weighted by Gasteiger charge is 2.40. The maximum Gasteiger partial charge on any atom is 0.326 e. The van der Waals surface area contributed by atoms with Crippen LogP contribution in [0.5, 0.6) is 0 Å². The van der Waals surface area contributed by atoms with Gasteiger partial charge in [0.1, 0.15) is 11.1 Å². The molecule has 0 aromatic carbocycles. The van der Waals surface area contributed by atoms with Crippen LogP contribution < -0.4 is 11.1 Å². The molecule has 5 nitrogen and oxygen atoms in total. The molecule has 1 unspecified atom stereocenters.